The molecule has 2 amide bonds. The van der Waals surface area contributed by atoms with Gasteiger partial charge in [-0.3, -0.25) is 9.59 Å². The van der Waals surface area contributed by atoms with Gasteiger partial charge in [0.05, 0.1) is 0 Å². The molecular formula is C20H28N3O3-. The minimum absolute atomic E-state index is 0.301. The highest BCUT2D eigenvalue weighted by atomic mass is 16.5. The van der Waals surface area contributed by atoms with Crippen LogP contribution < -0.4 is 10.6 Å². The lowest BCUT2D eigenvalue weighted by Crippen LogP contribution is -2.49. The first-order valence-corrected chi connectivity index (χ1v) is 8.76. The van der Waals surface area contributed by atoms with Gasteiger partial charge in [-0.15, -0.1) is 0 Å². The number of hydrogen-bond acceptors (Lipinski definition) is 4. The van der Waals surface area contributed by atoms with E-state index >= 15 is 0 Å². The second-order valence-electron chi connectivity index (χ2n) is 8.02. The van der Waals surface area contributed by atoms with Crippen molar-refractivity contribution in [3.8, 4) is 0 Å². The first kappa shape index (κ1) is 20.1. The Hall–Kier alpha value is -2.18. The molecule has 6 heteroatoms. The molecule has 2 N–H and O–H groups in total. The van der Waals surface area contributed by atoms with Crippen molar-refractivity contribution in [3.05, 3.63) is 46.2 Å². The zero-order valence-electron chi connectivity index (χ0n) is 16.6. The predicted octanol–water partition coefficient (Wildman–Crippen LogP) is 3.04. The van der Waals surface area contributed by atoms with E-state index in [9.17, 15) is 14.8 Å². The molecule has 0 radical (unpaired) electrons. The highest BCUT2D eigenvalue weighted by Gasteiger charge is 2.43. The summed E-state index contributed by atoms with van der Waals surface area (Å²) in [6.07, 6.45) is 1.67. The van der Waals surface area contributed by atoms with Gasteiger partial charge < -0.3 is 20.9 Å². The Bertz CT molecular complexity index is 745. The van der Waals surface area contributed by atoms with Gasteiger partial charge in [-0.1, -0.05) is 24.3 Å². The van der Waals surface area contributed by atoms with Crippen molar-refractivity contribution in [2.75, 3.05) is 5.32 Å². The summed E-state index contributed by atoms with van der Waals surface area (Å²) in [6.45, 7) is 12.4. The molecule has 142 valence electrons. The third-order valence-electron chi connectivity index (χ3n) is 4.90. The maximum absolute atomic E-state index is 12.7. The second-order valence-corrected chi connectivity index (χ2v) is 8.02. The van der Waals surface area contributed by atoms with Crippen LogP contribution in [0.5, 0.6) is 0 Å². The van der Waals surface area contributed by atoms with Crippen molar-refractivity contribution in [2.45, 2.75) is 65.6 Å². The third-order valence-corrected chi connectivity index (χ3v) is 4.90. The standard InChI is InChI=1S/C20H28N3O3/c1-12-9-8-10-13(2)16(12)22-17(24)14(3)21-18(25)15-11-19(4,5)23(26)20(15,6)7/h8-11,14H,1-7H3,(H,21,25)(H,22,24)/q-1. The van der Waals surface area contributed by atoms with Crippen molar-refractivity contribution in [3.63, 3.8) is 0 Å². The van der Waals surface area contributed by atoms with Gasteiger partial charge in [0, 0.05) is 22.3 Å². The van der Waals surface area contributed by atoms with Crippen LogP contribution in [0.1, 0.15) is 45.7 Å². The van der Waals surface area contributed by atoms with Gasteiger partial charge >= 0.3 is 0 Å². The van der Waals surface area contributed by atoms with Crippen molar-refractivity contribution in [2.24, 2.45) is 0 Å². The van der Waals surface area contributed by atoms with E-state index in [2.05, 4.69) is 10.6 Å². The monoisotopic (exact) mass is 358 g/mol. The lowest BCUT2D eigenvalue weighted by Gasteiger charge is -2.47. The molecule has 1 unspecified atom stereocenters. The normalized spacial score (nSPS) is 19.6. The molecule has 1 aromatic rings. The highest BCUT2D eigenvalue weighted by molar-refractivity contribution is 6.02. The van der Waals surface area contributed by atoms with Crippen LogP contribution >= 0.6 is 0 Å². The Labute approximate surface area is 155 Å². The molecule has 0 spiro atoms. The maximum atomic E-state index is 12.7. The minimum atomic E-state index is -0.948. The van der Waals surface area contributed by atoms with Crippen LogP contribution in [0.4, 0.5) is 5.69 Å². The fourth-order valence-corrected chi connectivity index (χ4v) is 3.34. The molecule has 0 fully saturated rings. The number of hydroxylamine groups is 2. The lowest BCUT2D eigenvalue weighted by molar-refractivity contribution is -0.124. The summed E-state index contributed by atoms with van der Waals surface area (Å²) >= 11 is 0. The van der Waals surface area contributed by atoms with E-state index in [1.54, 1.807) is 40.7 Å². The summed E-state index contributed by atoms with van der Waals surface area (Å²) in [6, 6.07) is 5.03. The summed E-state index contributed by atoms with van der Waals surface area (Å²) in [5.41, 5.74) is 1.34. The predicted molar refractivity (Wildman–Crippen MR) is 104 cm³/mol. The van der Waals surface area contributed by atoms with Crippen LogP contribution in [0.3, 0.4) is 0 Å². The van der Waals surface area contributed by atoms with Gasteiger partial charge in [0.15, 0.2) is 0 Å². The summed E-state index contributed by atoms with van der Waals surface area (Å²) in [5.74, 6) is -0.698. The van der Waals surface area contributed by atoms with Gasteiger partial charge in [-0.05, 0) is 59.6 Å². The Morgan fingerprint density at radius 2 is 1.65 bits per heavy atom. The van der Waals surface area contributed by atoms with E-state index in [0.29, 0.717) is 5.57 Å². The maximum Gasteiger partial charge on any atom is 0.249 e. The van der Waals surface area contributed by atoms with Crippen molar-refractivity contribution >= 4 is 17.5 Å². The largest absolute Gasteiger partial charge is 0.784 e. The molecule has 1 aliphatic heterocycles. The molecule has 0 aromatic heterocycles. The smallest absolute Gasteiger partial charge is 0.249 e. The molecule has 2 rings (SSSR count). The van der Waals surface area contributed by atoms with Crippen molar-refractivity contribution in [1.29, 1.82) is 0 Å². The molecule has 0 aliphatic carbocycles. The number of anilines is 1. The molecule has 0 saturated heterocycles. The van der Waals surface area contributed by atoms with Crippen molar-refractivity contribution in [1.82, 2.24) is 10.4 Å². The first-order valence-electron chi connectivity index (χ1n) is 8.76. The summed E-state index contributed by atoms with van der Waals surface area (Å²) in [5, 5.41) is 18.9. The second kappa shape index (κ2) is 6.85. The summed E-state index contributed by atoms with van der Waals surface area (Å²) < 4.78 is 0. The number of para-hydroxylation sites is 1. The zero-order valence-corrected chi connectivity index (χ0v) is 16.6. The lowest BCUT2D eigenvalue weighted by atomic mass is 9.95. The molecule has 1 aliphatic rings. The fourth-order valence-electron chi connectivity index (χ4n) is 3.34. The number of nitrogens with one attached hydrogen (secondary N) is 2. The van der Waals surface area contributed by atoms with Gasteiger partial charge in [0.25, 0.3) is 0 Å². The van der Waals surface area contributed by atoms with E-state index in [0.717, 1.165) is 21.9 Å². The van der Waals surface area contributed by atoms with Crippen LogP contribution in [0.15, 0.2) is 29.8 Å². The molecule has 1 aromatic carbocycles. The Balaban J connectivity index is 2.11. The Morgan fingerprint density at radius 1 is 1.12 bits per heavy atom. The summed E-state index contributed by atoms with van der Waals surface area (Å²) in [4.78, 5) is 25.2. The number of amides is 2. The van der Waals surface area contributed by atoms with Gasteiger partial charge in [-0.2, -0.15) is 0 Å². The van der Waals surface area contributed by atoms with Gasteiger partial charge in [0.1, 0.15) is 6.04 Å². The van der Waals surface area contributed by atoms with E-state index in [4.69, 9.17) is 0 Å². The molecule has 26 heavy (non-hydrogen) atoms. The average molecular weight is 358 g/mol. The summed E-state index contributed by atoms with van der Waals surface area (Å²) in [7, 11) is 0. The number of nitrogens with zero attached hydrogens (tertiary/aromatic N) is 1. The molecule has 0 saturated carbocycles. The number of carbonyl (C=O) groups excluding carboxylic acids is 2. The van der Waals surface area contributed by atoms with Crippen LogP contribution in [0, 0.1) is 19.1 Å². The quantitative estimate of drug-likeness (QED) is 0.866. The number of hydrogen-bond donors (Lipinski definition) is 2. The Morgan fingerprint density at radius 3 is 2.12 bits per heavy atom. The van der Waals surface area contributed by atoms with Crippen LogP contribution in [0.2, 0.25) is 0 Å². The molecule has 0 bridgehead atoms. The number of aryl methyl sites for hydroxylation is 2. The fraction of sp³-hybridized carbons (Fsp3) is 0.500. The van der Waals surface area contributed by atoms with Gasteiger partial charge in [-0.25, -0.2) is 0 Å². The van der Waals surface area contributed by atoms with E-state index < -0.39 is 23.0 Å². The molecular weight excluding hydrogens is 330 g/mol. The molecule has 1 heterocycles. The SMILES string of the molecule is Cc1cccc(C)c1NC(=O)C(C)NC(=O)C1=CC(C)(C)N([O-])C1(C)C. The van der Waals surface area contributed by atoms with Crippen LogP contribution in [-0.4, -0.2) is 34.0 Å². The highest BCUT2D eigenvalue weighted by Crippen LogP contribution is 2.39. The molecule has 1 atom stereocenters. The number of rotatable bonds is 4. The van der Waals surface area contributed by atoms with E-state index in [1.165, 1.54) is 0 Å². The zero-order chi connectivity index (χ0) is 19.9. The number of benzene rings is 1. The van der Waals surface area contributed by atoms with Gasteiger partial charge in [0.2, 0.25) is 11.8 Å². The molecule has 6 nitrogen and oxygen atoms in total. The van der Waals surface area contributed by atoms with E-state index in [-0.39, 0.29) is 5.91 Å². The van der Waals surface area contributed by atoms with Crippen LogP contribution in [-0.2, 0) is 9.59 Å². The van der Waals surface area contributed by atoms with Crippen molar-refractivity contribution < 1.29 is 9.59 Å². The average Bonchev–Trinajstić information content (AvgIpc) is 2.70. The number of carbonyl (C=O) groups is 2. The van der Waals surface area contributed by atoms with E-state index in [1.807, 2.05) is 32.0 Å². The first-order chi connectivity index (χ1) is 11.9. The topological polar surface area (TPSA) is 84.5 Å². The third kappa shape index (κ3) is 3.66. The Kier molecular flexibility index (Phi) is 5.31. The van der Waals surface area contributed by atoms with Crippen LogP contribution in [0.25, 0.3) is 0 Å². The minimum Gasteiger partial charge on any atom is -0.784 e.